The van der Waals surface area contributed by atoms with Gasteiger partial charge in [-0.15, -0.1) is 0 Å². The molecule has 0 amide bonds. The van der Waals surface area contributed by atoms with E-state index in [1.807, 2.05) is 18.5 Å². The second-order valence-electron chi connectivity index (χ2n) is 2.12. The fourth-order valence-corrected chi connectivity index (χ4v) is 0.774. The zero-order valence-electron chi connectivity index (χ0n) is 6.16. The first kappa shape index (κ1) is 7.28. The Kier molecular flexibility index (Phi) is 2.96. The second-order valence-corrected chi connectivity index (χ2v) is 2.12. The molecule has 0 fully saturated rings. The lowest BCUT2D eigenvalue weighted by Crippen LogP contribution is -2.23. The summed E-state index contributed by atoms with van der Waals surface area (Å²) in [4.78, 5) is 6.17. The fourth-order valence-electron chi connectivity index (χ4n) is 0.774. The van der Waals surface area contributed by atoms with E-state index in [4.69, 9.17) is 4.74 Å². The minimum absolute atomic E-state index is 0.764. The van der Waals surface area contributed by atoms with Crippen LogP contribution in [0.1, 0.15) is 0 Å². The van der Waals surface area contributed by atoms with Gasteiger partial charge in [0.1, 0.15) is 6.67 Å². The molecule has 0 saturated carbocycles. The largest absolute Gasteiger partial charge is 0.383 e. The van der Waals surface area contributed by atoms with E-state index in [-0.39, 0.29) is 0 Å². The predicted octanol–water partition coefficient (Wildman–Crippen LogP) is 0.490. The van der Waals surface area contributed by atoms with E-state index < -0.39 is 0 Å². The van der Waals surface area contributed by atoms with E-state index in [1.165, 1.54) is 0 Å². The van der Waals surface area contributed by atoms with Crippen LogP contribution in [-0.2, 0) is 4.74 Å². The van der Waals surface area contributed by atoms with Crippen LogP contribution in [-0.4, -0.2) is 38.0 Å². The molecule has 0 aliphatic carbocycles. The van der Waals surface area contributed by atoms with Gasteiger partial charge < -0.3 is 9.64 Å². The van der Waals surface area contributed by atoms with Gasteiger partial charge >= 0.3 is 0 Å². The first-order chi connectivity index (χ1) is 4.93. The Bertz CT molecular complexity index is 143. The summed E-state index contributed by atoms with van der Waals surface area (Å²) in [6, 6.07) is 0. The minimum Gasteiger partial charge on any atom is -0.383 e. The molecular formula is C7H12N2O. The summed E-state index contributed by atoms with van der Waals surface area (Å²) in [5, 5.41) is 0. The van der Waals surface area contributed by atoms with Gasteiger partial charge in [-0.05, 0) is 6.08 Å². The Labute approximate surface area is 61.0 Å². The van der Waals surface area contributed by atoms with Crippen molar-refractivity contribution >= 4 is 6.21 Å². The maximum Gasteiger partial charge on any atom is 0.109 e. The highest BCUT2D eigenvalue weighted by Crippen LogP contribution is 1.93. The van der Waals surface area contributed by atoms with Crippen LogP contribution in [0.2, 0.25) is 0 Å². The van der Waals surface area contributed by atoms with Crippen LogP contribution in [0.3, 0.4) is 0 Å². The Morgan fingerprint density at radius 1 is 1.70 bits per heavy atom. The highest BCUT2D eigenvalue weighted by Gasteiger charge is 1.97. The van der Waals surface area contributed by atoms with Gasteiger partial charge in [0.2, 0.25) is 0 Å². The van der Waals surface area contributed by atoms with Gasteiger partial charge in [-0.25, -0.2) is 0 Å². The lowest BCUT2D eigenvalue weighted by Gasteiger charge is -2.18. The van der Waals surface area contributed by atoms with Crippen LogP contribution in [0, 0.1) is 0 Å². The van der Waals surface area contributed by atoms with Crippen molar-refractivity contribution < 1.29 is 4.74 Å². The first-order valence-corrected chi connectivity index (χ1v) is 3.33. The highest BCUT2D eigenvalue weighted by atomic mass is 16.5. The van der Waals surface area contributed by atoms with Crippen LogP contribution in [0.5, 0.6) is 0 Å². The van der Waals surface area contributed by atoms with Crippen LogP contribution < -0.4 is 0 Å². The van der Waals surface area contributed by atoms with Gasteiger partial charge in [-0.2, -0.15) is 0 Å². The topological polar surface area (TPSA) is 24.8 Å². The molecular weight excluding hydrogens is 128 g/mol. The molecule has 1 aliphatic heterocycles. The molecule has 0 unspecified atom stereocenters. The molecule has 0 N–H and O–H groups in total. The summed E-state index contributed by atoms with van der Waals surface area (Å²) in [6.07, 6.45) is 5.76. The average molecular weight is 140 g/mol. The highest BCUT2D eigenvalue weighted by molar-refractivity contribution is 5.71. The van der Waals surface area contributed by atoms with E-state index in [2.05, 4.69) is 9.89 Å². The molecule has 1 heterocycles. The maximum absolute atomic E-state index is 4.92. The van der Waals surface area contributed by atoms with E-state index in [9.17, 15) is 0 Å². The zero-order valence-corrected chi connectivity index (χ0v) is 6.16. The van der Waals surface area contributed by atoms with Crippen molar-refractivity contribution in [2.24, 2.45) is 4.99 Å². The summed E-state index contributed by atoms with van der Waals surface area (Å²) in [5.41, 5.74) is 0. The van der Waals surface area contributed by atoms with Crippen LogP contribution in [0.15, 0.2) is 17.3 Å². The second kappa shape index (κ2) is 4.06. The number of rotatable bonds is 3. The quantitative estimate of drug-likeness (QED) is 0.570. The predicted molar refractivity (Wildman–Crippen MR) is 41.1 cm³/mol. The molecule has 0 aromatic rings. The Hall–Kier alpha value is -0.830. The van der Waals surface area contributed by atoms with Crippen molar-refractivity contribution in [3.63, 3.8) is 0 Å². The molecule has 0 radical (unpaired) electrons. The maximum atomic E-state index is 4.92. The molecule has 56 valence electrons. The van der Waals surface area contributed by atoms with Crippen LogP contribution in [0.25, 0.3) is 0 Å². The summed E-state index contributed by atoms with van der Waals surface area (Å²) < 4.78 is 4.92. The third-order valence-corrected chi connectivity index (χ3v) is 1.33. The van der Waals surface area contributed by atoms with Crippen molar-refractivity contribution in [2.45, 2.75) is 0 Å². The number of aliphatic imine (C=N–C) groups is 1. The molecule has 1 rings (SSSR count). The first-order valence-electron chi connectivity index (χ1n) is 3.33. The SMILES string of the molecule is COCCN1C=CC=NC1. The lowest BCUT2D eigenvalue weighted by molar-refractivity contribution is 0.170. The number of hydrogen-bond donors (Lipinski definition) is 0. The Morgan fingerprint density at radius 2 is 2.60 bits per heavy atom. The Morgan fingerprint density at radius 3 is 3.20 bits per heavy atom. The molecule has 0 atom stereocenters. The minimum atomic E-state index is 0.764. The number of allylic oxidation sites excluding steroid dienone is 1. The standard InChI is InChI=1S/C7H12N2O/c1-10-6-5-9-4-2-3-8-7-9/h2-4H,5-7H2,1H3. The normalized spacial score (nSPS) is 16.3. The summed E-state index contributed by atoms with van der Waals surface area (Å²) >= 11 is 0. The summed E-state index contributed by atoms with van der Waals surface area (Å²) in [7, 11) is 1.71. The van der Waals surface area contributed by atoms with E-state index in [0.717, 1.165) is 19.8 Å². The molecule has 0 aromatic heterocycles. The van der Waals surface area contributed by atoms with Crippen molar-refractivity contribution in [1.82, 2.24) is 4.90 Å². The molecule has 0 saturated heterocycles. The van der Waals surface area contributed by atoms with Crippen molar-refractivity contribution in [3.05, 3.63) is 12.3 Å². The molecule has 3 nitrogen and oxygen atoms in total. The number of methoxy groups -OCH3 is 1. The van der Waals surface area contributed by atoms with Gasteiger partial charge in [0.15, 0.2) is 0 Å². The van der Waals surface area contributed by atoms with Crippen molar-refractivity contribution in [1.29, 1.82) is 0 Å². The van der Waals surface area contributed by atoms with Gasteiger partial charge in [0.05, 0.1) is 6.61 Å². The van der Waals surface area contributed by atoms with Gasteiger partial charge in [-0.1, -0.05) is 0 Å². The van der Waals surface area contributed by atoms with Crippen LogP contribution in [0.4, 0.5) is 0 Å². The number of ether oxygens (including phenoxy) is 1. The van der Waals surface area contributed by atoms with E-state index in [1.54, 1.807) is 7.11 Å². The molecule has 10 heavy (non-hydrogen) atoms. The van der Waals surface area contributed by atoms with Crippen molar-refractivity contribution in [2.75, 3.05) is 26.9 Å². The summed E-state index contributed by atoms with van der Waals surface area (Å²) in [5.74, 6) is 0. The van der Waals surface area contributed by atoms with Crippen molar-refractivity contribution in [3.8, 4) is 0 Å². The van der Waals surface area contributed by atoms with Gasteiger partial charge in [0.25, 0.3) is 0 Å². The third kappa shape index (κ3) is 2.19. The van der Waals surface area contributed by atoms with Gasteiger partial charge in [0, 0.05) is 26.1 Å². The van der Waals surface area contributed by atoms with Gasteiger partial charge in [-0.3, -0.25) is 4.99 Å². The number of nitrogens with zero attached hydrogens (tertiary/aromatic N) is 2. The molecule has 0 spiro atoms. The van der Waals surface area contributed by atoms with E-state index in [0.29, 0.717) is 0 Å². The molecule has 1 aliphatic rings. The lowest BCUT2D eigenvalue weighted by atomic mass is 10.5. The van der Waals surface area contributed by atoms with E-state index >= 15 is 0 Å². The van der Waals surface area contributed by atoms with Crippen LogP contribution >= 0.6 is 0 Å². The Balaban J connectivity index is 2.17. The monoisotopic (exact) mass is 140 g/mol. The third-order valence-electron chi connectivity index (χ3n) is 1.33. The number of hydrogen-bond acceptors (Lipinski definition) is 3. The average Bonchev–Trinajstić information content (AvgIpc) is 2.03. The summed E-state index contributed by atoms with van der Waals surface area (Å²) in [6.45, 7) is 2.45. The zero-order chi connectivity index (χ0) is 7.23. The molecule has 0 aromatic carbocycles. The molecule has 3 heteroatoms. The fraction of sp³-hybridized carbons (Fsp3) is 0.571. The smallest absolute Gasteiger partial charge is 0.109 e. The molecule has 0 bridgehead atoms.